The molecule has 2 heterocycles. The zero-order valence-electron chi connectivity index (χ0n) is 11.7. The molecule has 0 atom stereocenters. The second-order valence-corrected chi connectivity index (χ2v) is 4.98. The number of piperidine rings is 1. The van der Waals surface area contributed by atoms with E-state index in [1.165, 1.54) is 0 Å². The van der Waals surface area contributed by atoms with Gasteiger partial charge in [-0.15, -0.1) is 10.2 Å². The molecule has 0 aliphatic carbocycles. The lowest BCUT2D eigenvalue weighted by molar-refractivity contribution is -0.126. The molecule has 1 saturated heterocycles. The molecule has 1 aliphatic heterocycles. The van der Waals surface area contributed by atoms with Crippen LogP contribution in [0, 0.1) is 5.92 Å². The fraction of sp³-hybridized carbons (Fsp3) is 0.727. The number of aromatic nitrogens is 4. The number of likely N-dealkylation sites (tertiary alicyclic amines) is 1. The fourth-order valence-corrected chi connectivity index (χ4v) is 2.18. The number of hydrogen-bond acceptors (Lipinski definition) is 5. The van der Waals surface area contributed by atoms with Gasteiger partial charge in [0, 0.05) is 33.1 Å². The highest BCUT2D eigenvalue weighted by Gasteiger charge is 2.27. The Kier molecular flexibility index (Phi) is 4.49. The molecule has 2 rings (SSSR count). The summed E-state index contributed by atoms with van der Waals surface area (Å²) in [5, 5.41) is 16.1. The Hall–Kier alpha value is -2.19. The molecule has 0 bridgehead atoms. The van der Waals surface area contributed by atoms with Crippen LogP contribution in [0.5, 0.6) is 0 Å². The van der Waals surface area contributed by atoms with E-state index in [0.29, 0.717) is 31.8 Å². The molecule has 1 aliphatic rings. The van der Waals surface area contributed by atoms with E-state index >= 15 is 0 Å². The van der Waals surface area contributed by atoms with E-state index in [1.54, 1.807) is 23.9 Å². The smallest absolute Gasteiger partial charge is 0.319 e. The van der Waals surface area contributed by atoms with E-state index in [-0.39, 0.29) is 24.4 Å². The maximum Gasteiger partial charge on any atom is 0.319 e. The molecule has 1 fully saturated rings. The average molecular weight is 281 g/mol. The van der Waals surface area contributed by atoms with Crippen LogP contribution in [0.4, 0.5) is 4.79 Å². The number of urea groups is 1. The van der Waals surface area contributed by atoms with Gasteiger partial charge in [-0.05, 0) is 12.8 Å². The molecule has 0 saturated carbocycles. The molecular formula is C11H19N7O2. The molecular weight excluding hydrogens is 262 g/mol. The number of amides is 3. The minimum atomic E-state index is -0.0619. The van der Waals surface area contributed by atoms with Gasteiger partial charge < -0.3 is 15.1 Å². The molecule has 0 unspecified atom stereocenters. The lowest BCUT2D eigenvalue weighted by Gasteiger charge is -2.32. The molecule has 0 radical (unpaired) electrons. The van der Waals surface area contributed by atoms with E-state index < -0.39 is 0 Å². The Labute approximate surface area is 116 Å². The van der Waals surface area contributed by atoms with Gasteiger partial charge in [0.25, 0.3) is 0 Å². The molecule has 20 heavy (non-hydrogen) atoms. The Morgan fingerprint density at radius 1 is 1.40 bits per heavy atom. The Balaban J connectivity index is 1.75. The van der Waals surface area contributed by atoms with Crippen molar-refractivity contribution >= 4 is 11.9 Å². The number of hydrogen-bond donors (Lipinski definition) is 2. The highest BCUT2D eigenvalue weighted by molar-refractivity contribution is 5.79. The summed E-state index contributed by atoms with van der Waals surface area (Å²) in [6.07, 6.45) is 1.36. The van der Waals surface area contributed by atoms with E-state index in [2.05, 4.69) is 25.9 Å². The predicted molar refractivity (Wildman–Crippen MR) is 69.4 cm³/mol. The minimum absolute atomic E-state index is 0.00402. The zero-order chi connectivity index (χ0) is 14.5. The maximum atomic E-state index is 12.0. The molecule has 0 spiro atoms. The first-order valence-corrected chi connectivity index (χ1v) is 6.54. The summed E-state index contributed by atoms with van der Waals surface area (Å²) in [7, 11) is 3.46. The van der Waals surface area contributed by atoms with Crippen molar-refractivity contribution in [1.29, 1.82) is 0 Å². The normalized spacial score (nSPS) is 16.0. The van der Waals surface area contributed by atoms with Crippen LogP contribution in [0.1, 0.15) is 18.7 Å². The second-order valence-electron chi connectivity index (χ2n) is 4.98. The van der Waals surface area contributed by atoms with Gasteiger partial charge in [-0.3, -0.25) is 4.79 Å². The van der Waals surface area contributed by atoms with Gasteiger partial charge in [0.05, 0.1) is 6.54 Å². The lowest BCUT2D eigenvalue weighted by atomic mass is 9.96. The van der Waals surface area contributed by atoms with Crippen molar-refractivity contribution in [2.75, 3.05) is 27.2 Å². The topological polar surface area (TPSA) is 107 Å². The first kappa shape index (κ1) is 14.2. The standard InChI is InChI=1S/C11H19N7O2/c1-17(2)11(20)18-5-3-8(4-6-18)10(19)12-7-9-13-15-16-14-9/h8H,3-7H2,1-2H3,(H,12,19)(H,13,14,15,16). The molecule has 1 aromatic rings. The van der Waals surface area contributed by atoms with Gasteiger partial charge in [0.15, 0.2) is 5.82 Å². The zero-order valence-corrected chi connectivity index (χ0v) is 11.7. The Bertz CT molecular complexity index is 451. The van der Waals surface area contributed by atoms with E-state index in [1.807, 2.05) is 0 Å². The van der Waals surface area contributed by atoms with Crippen LogP contribution in [0.3, 0.4) is 0 Å². The maximum absolute atomic E-state index is 12.0. The summed E-state index contributed by atoms with van der Waals surface area (Å²) in [6.45, 7) is 1.49. The van der Waals surface area contributed by atoms with Crippen LogP contribution < -0.4 is 5.32 Å². The number of rotatable bonds is 3. The van der Waals surface area contributed by atoms with Crippen LogP contribution in [0.25, 0.3) is 0 Å². The van der Waals surface area contributed by atoms with Crippen LogP contribution in [0.2, 0.25) is 0 Å². The number of H-pyrrole nitrogens is 1. The summed E-state index contributed by atoms with van der Waals surface area (Å²) in [5.74, 6) is 0.374. The van der Waals surface area contributed by atoms with Crippen LogP contribution in [-0.4, -0.2) is 69.5 Å². The molecule has 9 nitrogen and oxygen atoms in total. The second kappa shape index (κ2) is 6.31. The first-order chi connectivity index (χ1) is 9.58. The summed E-state index contributed by atoms with van der Waals surface area (Å²) in [6, 6.07) is -0.00402. The molecule has 2 N–H and O–H groups in total. The van der Waals surface area contributed by atoms with Crippen molar-refractivity contribution < 1.29 is 9.59 Å². The summed E-state index contributed by atoms with van der Waals surface area (Å²) >= 11 is 0. The summed E-state index contributed by atoms with van der Waals surface area (Å²) in [4.78, 5) is 27.1. The lowest BCUT2D eigenvalue weighted by Crippen LogP contribution is -2.46. The molecule has 3 amide bonds. The molecule has 1 aromatic heterocycles. The number of carbonyl (C=O) groups excluding carboxylic acids is 2. The van der Waals surface area contributed by atoms with Crippen molar-refractivity contribution in [1.82, 2.24) is 35.7 Å². The Morgan fingerprint density at radius 2 is 2.10 bits per heavy atom. The summed E-state index contributed by atoms with van der Waals surface area (Å²) in [5.41, 5.74) is 0. The van der Waals surface area contributed by atoms with E-state index in [0.717, 1.165) is 0 Å². The van der Waals surface area contributed by atoms with Gasteiger partial charge in [0.1, 0.15) is 0 Å². The van der Waals surface area contributed by atoms with Crippen LogP contribution in [0.15, 0.2) is 0 Å². The first-order valence-electron chi connectivity index (χ1n) is 6.54. The van der Waals surface area contributed by atoms with Gasteiger partial charge in [-0.2, -0.15) is 5.21 Å². The Morgan fingerprint density at radius 3 is 2.65 bits per heavy atom. The monoisotopic (exact) mass is 281 g/mol. The molecule has 0 aromatic carbocycles. The van der Waals surface area contributed by atoms with Crippen LogP contribution >= 0.6 is 0 Å². The third kappa shape index (κ3) is 3.43. The van der Waals surface area contributed by atoms with E-state index in [4.69, 9.17) is 0 Å². The highest BCUT2D eigenvalue weighted by atomic mass is 16.2. The van der Waals surface area contributed by atoms with Crippen molar-refractivity contribution in [2.24, 2.45) is 5.92 Å². The summed E-state index contributed by atoms with van der Waals surface area (Å²) < 4.78 is 0. The number of tetrazole rings is 1. The minimum Gasteiger partial charge on any atom is -0.348 e. The van der Waals surface area contributed by atoms with Gasteiger partial charge in [-0.1, -0.05) is 5.21 Å². The van der Waals surface area contributed by atoms with E-state index in [9.17, 15) is 9.59 Å². The number of aromatic amines is 1. The quantitative estimate of drug-likeness (QED) is 0.755. The van der Waals surface area contributed by atoms with Gasteiger partial charge in [-0.25, -0.2) is 4.79 Å². The van der Waals surface area contributed by atoms with Crippen molar-refractivity contribution in [3.63, 3.8) is 0 Å². The number of nitrogens with one attached hydrogen (secondary N) is 2. The third-order valence-electron chi connectivity index (χ3n) is 3.33. The SMILES string of the molecule is CN(C)C(=O)N1CCC(C(=O)NCc2nn[nH]n2)CC1. The van der Waals surface area contributed by atoms with Crippen molar-refractivity contribution in [3.8, 4) is 0 Å². The van der Waals surface area contributed by atoms with Gasteiger partial charge >= 0.3 is 6.03 Å². The van der Waals surface area contributed by atoms with Crippen LogP contribution in [-0.2, 0) is 11.3 Å². The fourth-order valence-electron chi connectivity index (χ4n) is 2.18. The average Bonchev–Trinajstić information content (AvgIpc) is 2.97. The predicted octanol–water partition coefficient (Wildman–Crippen LogP) is -0.790. The number of carbonyl (C=O) groups is 2. The number of nitrogens with zero attached hydrogens (tertiary/aromatic N) is 5. The van der Waals surface area contributed by atoms with Gasteiger partial charge in [0.2, 0.25) is 5.91 Å². The third-order valence-corrected chi connectivity index (χ3v) is 3.33. The molecule has 110 valence electrons. The largest absolute Gasteiger partial charge is 0.348 e. The highest BCUT2D eigenvalue weighted by Crippen LogP contribution is 2.18. The van der Waals surface area contributed by atoms with Crippen molar-refractivity contribution in [3.05, 3.63) is 5.82 Å². The molecule has 9 heteroatoms. The van der Waals surface area contributed by atoms with Crippen molar-refractivity contribution in [2.45, 2.75) is 19.4 Å².